The molecule has 5 nitrogen and oxygen atoms in total. The molecule has 2 aromatic rings. The van der Waals surface area contributed by atoms with Gasteiger partial charge in [-0.25, -0.2) is 4.90 Å². The van der Waals surface area contributed by atoms with Crippen LogP contribution >= 0.6 is 0 Å². The molecule has 1 aliphatic heterocycles. The van der Waals surface area contributed by atoms with Gasteiger partial charge in [0.15, 0.2) is 0 Å². The van der Waals surface area contributed by atoms with Crippen molar-refractivity contribution < 1.29 is 14.4 Å². The Balaban J connectivity index is 1.42. The average Bonchev–Trinajstić information content (AvgIpc) is 3.37. The van der Waals surface area contributed by atoms with E-state index in [1.165, 1.54) is 4.90 Å². The number of carbonyl (C=O) groups excluding carboxylic acids is 3. The summed E-state index contributed by atoms with van der Waals surface area (Å²) in [4.78, 5) is 39.9. The fourth-order valence-electron chi connectivity index (χ4n) is 4.85. The third-order valence-corrected chi connectivity index (χ3v) is 6.23. The number of aryl methyl sites for hydroxylation is 1. The number of allylic oxidation sites excluding steroid dienone is 2. The molecule has 1 saturated heterocycles. The van der Waals surface area contributed by atoms with Crippen LogP contribution in [0.15, 0.2) is 60.7 Å². The maximum atomic E-state index is 13.0. The molecule has 0 radical (unpaired) electrons. The summed E-state index contributed by atoms with van der Waals surface area (Å²) in [6.07, 6.45) is 5.05. The number of fused-ring (bicyclic) bond motifs is 5. The van der Waals surface area contributed by atoms with E-state index in [1.807, 2.05) is 31.2 Å². The maximum absolute atomic E-state index is 13.0. The Labute approximate surface area is 163 Å². The van der Waals surface area contributed by atoms with Crippen LogP contribution < -0.4 is 10.2 Å². The molecule has 4 atom stereocenters. The molecule has 0 spiro atoms. The molecular weight excluding hydrogens is 352 g/mol. The SMILES string of the molecule is Cc1ccccc1NC(=O)c1cccc(N2C(=O)[C@@H]3[C@H](C2=O)[C@@H]2C=C[C@H]3C2)c1. The van der Waals surface area contributed by atoms with Gasteiger partial charge in [0.05, 0.1) is 17.5 Å². The van der Waals surface area contributed by atoms with E-state index in [-0.39, 0.29) is 41.4 Å². The van der Waals surface area contributed by atoms with E-state index in [0.29, 0.717) is 11.3 Å². The zero-order chi connectivity index (χ0) is 19.4. The van der Waals surface area contributed by atoms with Gasteiger partial charge in [-0.1, -0.05) is 36.4 Å². The number of benzene rings is 2. The van der Waals surface area contributed by atoms with Crippen LogP contribution in [-0.4, -0.2) is 17.7 Å². The van der Waals surface area contributed by atoms with Crippen LogP contribution in [0.25, 0.3) is 0 Å². The molecule has 5 rings (SSSR count). The van der Waals surface area contributed by atoms with Crippen molar-refractivity contribution >= 4 is 29.1 Å². The van der Waals surface area contributed by atoms with Crippen LogP contribution in [0.3, 0.4) is 0 Å². The minimum Gasteiger partial charge on any atom is -0.322 e. The smallest absolute Gasteiger partial charge is 0.255 e. The summed E-state index contributed by atoms with van der Waals surface area (Å²) in [5.74, 6) is -0.685. The Morgan fingerprint density at radius 3 is 2.32 bits per heavy atom. The monoisotopic (exact) mass is 372 g/mol. The summed E-state index contributed by atoms with van der Waals surface area (Å²) < 4.78 is 0. The van der Waals surface area contributed by atoms with E-state index >= 15 is 0 Å². The van der Waals surface area contributed by atoms with Crippen molar-refractivity contribution in [3.63, 3.8) is 0 Å². The zero-order valence-electron chi connectivity index (χ0n) is 15.5. The first-order valence-corrected chi connectivity index (χ1v) is 9.58. The number of amides is 3. The van der Waals surface area contributed by atoms with Crippen molar-refractivity contribution in [2.24, 2.45) is 23.7 Å². The largest absolute Gasteiger partial charge is 0.322 e. The summed E-state index contributed by atoms with van der Waals surface area (Å²) in [6.45, 7) is 1.93. The van der Waals surface area contributed by atoms with Crippen molar-refractivity contribution in [3.05, 3.63) is 71.8 Å². The second-order valence-electron chi connectivity index (χ2n) is 7.83. The predicted octanol–water partition coefficient (Wildman–Crippen LogP) is 3.56. The van der Waals surface area contributed by atoms with Crippen LogP contribution in [0.2, 0.25) is 0 Å². The lowest BCUT2D eigenvalue weighted by Crippen LogP contribution is -2.33. The molecule has 1 N–H and O–H groups in total. The van der Waals surface area contributed by atoms with E-state index in [1.54, 1.807) is 24.3 Å². The van der Waals surface area contributed by atoms with E-state index in [2.05, 4.69) is 17.5 Å². The highest BCUT2D eigenvalue weighted by molar-refractivity contribution is 6.23. The molecule has 0 unspecified atom stereocenters. The third-order valence-electron chi connectivity index (χ3n) is 6.23. The maximum Gasteiger partial charge on any atom is 0.255 e. The summed E-state index contributed by atoms with van der Waals surface area (Å²) >= 11 is 0. The molecule has 2 aromatic carbocycles. The summed E-state index contributed by atoms with van der Waals surface area (Å²) in [7, 11) is 0. The molecule has 3 amide bonds. The second-order valence-corrected chi connectivity index (χ2v) is 7.83. The minimum atomic E-state index is -0.267. The molecule has 1 heterocycles. The Morgan fingerprint density at radius 2 is 1.64 bits per heavy atom. The van der Waals surface area contributed by atoms with Gasteiger partial charge in [-0.15, -0.1) is 0 Å². The van der Waals surface area contributed by atoms with Crippen LogP contribution in [-0.2, 0) is 9.59 Å². The number of nitrogens with one attached hydrogen (secondary N) is 1. The van der Waals surface area contributed by atoms with E-state index in [0.717, 1.165) is 17.7 Å². The lowest BCUT2D eigenvalue weighted by atomic mass is 9.85. The second kappa shape index (κ2) is 6.16. The predicted molar refractivity (Wildman–Crippen MR) is 106 cm³/mol. The van der Waals surface area contributed by atoms with Gasteiger partial charge in [0, 0.05) is 11.3 Å². The van der Waals surface area contributed by atoms with Gasteiger partial charge >= 0.3 is 0 Å². The van der Waals surface area contributed by atoms with Gasteiger partial charge in [0.1, 0.15) is 0 Å². The number of anilines is 2. The van der Waals surface area contributed by atoms with Crippen LogP contribution in [0.4, 0.5) is 11.4 Å². The third kappa shape index (κ3) is 2.43. The van der Waals surface area contributed by atoms with Crippen LogP contribution in [0.5, 0.6) is 0 Å². The summed E-state index contributed by atoms with van der Waals surface area (Å²) in [5, 5.41) is 2.89. The van der Waals surface area contributed by atoms with Crippen molar-refractivity contribution in [3.8, 4) is 0 Å². The van der Waals surface area contributed by atoms with Crippen molar-refractivity contribution in [1.29, 1.82) is 0 Å². The first kappa shape index (κ1) is 16.9. The topological polar surface area (TPSA) is 66.5 Å². The quantitative estimate of drug-likeness (QED) is 0.662. The number of carbonyl (C=O) groups is 3. The fraction of sp³-hybridized carbons (Fsp3) is 0.261. The minimum absolute atomic E-state index is 0.136. The van der Waals surface area contributed by atoms with Crippen molar-refractivity contribution in [2.45, 2.75) is 13.3 Å². The van der Waals surface area contributed by atoms with E-state index in [9.17, 15) is 14.4 Å². The van der Waals surface area contributed by atoms with Gasteiger partial charge in [-0.3, -0.25) is 14.4 Å². The fourth-order valence-corrected chi connectivity index (χ4v) is 4.85. The molecule has 2 fully saturated rings. The van der Waals surface area contributed by atoms with Crippen molar-refractivity contribution in [1.82, 2.24) is 0 Å². The Kier molecular flexibility index (Phi) is 3.72. The van der Waals surface area contributed by atoms with E-state index in [4.69, 9.17) is 0 Å². The highest BCUT2D eigenvalue weighted by Gasteiger charge is 2.59. The standard InChI is InChI=1S/C23H20N2O3/c1-13-5-2-3-8-18(13)24-21(26)16-6-4-7-17(12-16)25-22(27)19-14-9-10-15(11-14)20(19)23(25)28/h2-10,12,14-15,19-20H,11H2,1H3,(H,24,26)/t14-,15+,19-,20+. The Morgan fingerprint density at radius 1 is 0.964 bits per heavy atom. The van der Waals surface area contributed by atoms with Crippen LogP contribution in [0.1, 0.15) is 22.3 Å². The molecular formula is C23H20N2O3. The van der Waals surface area contributed by atoms with Gasteiger partial charge in [-0.2, -0.15) is 0 Å². The van der Waals surface area contributed by atoms with Crippen molar-refractivity contribution in [2.75, 3.05) is 10.2 Å². The molecule has 5 heteroatoms. The Hall–Kier alpha value is -3.21. The number of nitrogens with zero attached hydrogens (tertiary/aromatic N) is 1. The number of hydrogen-bond acceptors (Lipinski definition) is 3. The molecule has 140 valence electrons. The molecule has 28 heavy (non-hydrogen) atoms. The summed E-state index contributed by atoms with van der Waals surface area (Å²) in [6, 6.07) is 14.3. The zero-order valence-corrected chi connectivity index (χ0v) is 15.5. The average molecular weight is 372 g/mol. The molecule has 2 aliphatic carbocycles. The number of para-hydroxylation sites is 1. The number of hydrogen-bond donors (Lipinski definition) is 1. The van der Waals surface area contributed by atoms with Gasteiger partial charge in [0.25, 0.3) is 5.91 Å². The Bertz CT molecular complexity index is 1010. The summed E-state index contributed by atoms with van der Waals surface area (Å²) in [5.41, 5.74) is 2.59. The highest BCUT2D eigenvalue weighted by atomic mass is 16.2. The lowest BCUT2D eigenvalue weighted by Gasteiger charge is -2.18. The first-order chi connectivity index (χ1) is 13.5. The molecule has 0 aromatic heterocycles. The van der Waals surface area contributed by atoms with E-state index < -0.39 is 0 Å². The molecule has 1 saturated carbocycles. The first-order valence-electron chi connectivity index (χ1n) is 9.58. The molecule has 2 bridgehead atoms. The number of rotatable bonds is 3. The van der Waals surface area contributed by atoms with Gasteiger partial charge < -0.3 is 5.32 Å². The normalized spacial score (nSPS) is 27.4. The van der Waals surface area contributed by atoms with Gasteiger partial charge in [-0.05, 0) is 55.0 Å². The lowest BCUT2D eigenvalue weighted by molar-refractivity contribution is -0.123. The van der Waals surface area contributed by atoms with Gasteiger partial charge in [0.2, 0.25) is 11.8 Å². The highest BCUT2D eigenvalue weighted by Crippen LogP contribution is 2.53. The number of imide groups is 1. The molecule has 3 aliphatic rings. The van der Waals surface area contributed by atoms with Crippen LogP contribution in [0, 0.1) is 30.6 Å².